The summed E-state index contributed by atoms with van der Waals surface area (Å²) in [5.74, 6) is -0.917. The van der Waals surface area contributed by atoms with Gasteiger partial charge in [0.15, 0.2) is 0 Å². The molecule has 128 valence electrons. The Hall–Kier alpha value is -2.85. The zero-order valence-electron chi connectivity index (χ0n) is 12.9. The molecule has 8 nitrogen and oxygen atoms in total. The van der Waals surface area contributed by atoms with Crippen LogP contribution in [-0.2, 0) is 11.3 Å². The molecule has 0 aliphatic heterocycles. The summed E-state index contributed by atoms with van der Waals surface area (Å²) in [5, 5.41) is 15.6. The van der Waals surface area contributed by atoms with E-state index in [0.29, 0.717) is 5.69 Å². The highest BCUT2D eigenvalue weighted by molar-refractivity contribution is 7.20. The number of rotatable bonds is 5. The summed E-state index contributed by atoms with van der Waals surface area (Å²) in [5.41, 5.74) is -0.839. The van der Waals surface area contributed by atoms with Gasteiger partial charge in [0.05, 0.1) is 35.3 Å². The molecular weight excluding hydrogens is 366 g/mol. The molecule has 3 heterocycles. The van der Waals surface area contributed by atoms with Crippen LogP contribution < -0.4 is 5.56 Å². The fourth-order valence-corrected chi connectivity index (χ4v) is 3.79. The summed E-state index contributed by atoms with van der Waals surface area (Å²) in [4.78, 5) is 39.9. The van der Waals surface area contributed by atoms with E-state index in [2.05, 4.69) is 9.72 Å². The number of ether oxygens (including phenoxy) is 1. The number of esters is 1. The van der Waals surface area contributed by atoms with Crippen LogP contribution in [0.2, 0.25) is 0 Å². The Morgan fingerprint density at radius 3 is 2.88 bits per heavy atom. The zero-order chi connectivity index (χ0) is 18.0. The second-order valence-electron chi connectivity index (χ2n) is 4.92. The van der Waals surface area contributed by atoms with Gasteiger partial charge in [-0.15, -0.1) is 22.7 Å². The Kier molecular flexibility index (Phi) is 4.72. The zero-order valence-corrected chi connectivity index (χ0v) is 14.5. The average molecular weight is 377 g/mol. The summed E-state index contributed by atoms with van der Waals surface area (Å²) >= 11 is 2.96. The van der Waals surface area contributed by atoms with Crippen LogP contribution in [0.3, 0.4) is 0 Å². The lowest BCUT2D eigenvalue weighted by molar-refractivity contribution is -0.385. The first-order valence-corrected chi connectivity index (χ1v) is 8.71. The number of hydrogen-bond donors (Lipinski definition) is 0. The van der Waals surface area contributed by atoms with Crippen molar-refractivity contribution in [1.82, 2.24) is 9.55 Å². The van der Waals surface area contributed by atoms with Crippen LogP contribution in [0.15, 0.2) is 40.0 Å². The summed E-state index contributed by atoms with van der Waals surface area (Å²) in [6.45, 7) is 0.0202. The topological polar surface area (TPSA) is 104 Å². The average Bonchev–Trinajstić information content (AvgIpc) is 3.27. The number of nitro groups is 1. The van der Waals surface area contributed by atoms with Crippen molar-refractivity contribution in [2.45, 2.75) is 6.54 Å². The van der Waals surface area contributed by atoms with E-state index in [1.54, 1.807) is 16.7 Å². The van der Waals surface area contributed by atoms with Crippen LogP contribution in [0.4, 0.5) is 5.69 Å². The van der Waals surface area contributed by atoms with E-state index < -0.39 is 16.5 Å². The van der Waals surface area contributed by atoms with Gasteiger partial charge in [0.1, 0.15) is 10.6 Å². The lowest BCUT2D eigenvalue weighted by Crippen LogP contribution is -2.27. The highest BCUT2D eigenvalue weighted by atomic mass is 32.1. The number of nitrogens with zero attached hydrogens (tertiary/aromatic N) is 3. The van der Waals surface area contributed by atoms with E-state index in [1.807, 2.05) is 17.5 Å². The normalized spacial score (nSPS) is 10.6. The summed E-state index contributed by atoms with van der Waals surface area (Å²) in [6, 6.07) is 4.76. The first-order valence-electron chi connectivity index (χ1n) is 6.95. The largest absolute Gasteiger partial charge is 0.465 e. The molecular formula is C15H11N3O5S2. The molecule has 0 saturated heterocycles. The first-order chi connectivity index (χ1) is 12.0. The highest BCUT2D eigenvalue weighted by Gasteiger charge is 2.20. The van der Waals surface area contributed by atoms with Crippen LogP contribution in [0.5, 0.6) is 0 Å². The minimum absolute atomic E-state index is 0.0202. The van der Waals surface area contributed by atoms with Crippen LogP contribution in [0.1, 0.15) is 16.1 Å². The number of thiazole rings is 1. The lowest BCUT2D eigenvalue weighted by atomic mass is 10.2. The lowest BCUT2D eigenvalue weighted by Gasteiger charge is -2.06. The minimum atomic E-state index is -0.917. The highest BCUT2D eigenvalue weighted by Crippen LogP contribution is 2.28. The maximum Gasteiger partial charge on any atom is 0.343 e. The molecule has 0 amide bonds. The molecule has 0 atom stereocenters. The van der Waals surface area contributed by atoms with Crippen LogP contribution in [0.25, 0.3) is 9.88 Å². The third-order valence-corrected chi connectivity index (χ3v) is 5.23. The summed E-state index contributed by atoms with van der Waals surface area (Å²) in [7, 11) is 1.11. The molecule has 0 bridgehead atoms. The van der Waals surface area contributed by atoms with E-state index >= 15 is 0 Å². The van der Waals surface area contributed by atoms with Crippen molar-refractivity contribution >= 4 is 34.3 Å². The number of pyridine rings is 1. The molecule has 0 spiro atoms. The molecule has 0 unspecified atom stereocenters. The van der Waals surface area contributed by atoms with Crippen molar-refractivity contribution in [1.29, 1.82) is 0 Å². The number of hydrogen-bond acceptors (Lipinski definition) is 8. The molecule has 0 aromatic carbocycles. The third kappa shape index (κ3) is 3.49. The fraction of sp³-hybridized carbons (Fsp3) is 0.133. The van der Waals surface area contributed by atoms with E-state index in [0.717, 1.165) is 33.8 Å². The van der Waals surface area contributed by atoms with Gasteiger partial charge in [-0.25, -0.2) is 9.78 Å². The van der Waals surface area contributed by atoms with E-state index in [-0.39, 0.29) is 17.8 Å². The van der Waals surface area contributed by atoms with Gasteiger partial charge in [-0.1, -0.05) is 6.07 Å². The van der Waals surface area contributed by atoms with Gasteiger partial charge in [-0.3, -0.25) is 14.9 Å². The van der Waals surface area contributed by atoms with Crippen LogP contribution in [0, 0.1) is 10.1 Å². The standard InChI is InChI=1S/C15H11N3O5S2/c1-23-15(20)11-5-10(18(21)22)7-17(14(11)19)6-9-8-25-13(16-9)12-3-2-4-24-12/h2-5,7-8H,6H2,1H3. The number of carbonyl (C=O) groups is 1. The van der Waals surface area contributed by atoms with E-state index in [4.69, 9.17) is 0 Å². The van der Waals surface area contributed by atoms with Gasteiger partial charge in [0, 0.05) is 11.4 Å². The molecule has 3 rings (SSSR count). The SMILES string of the molecule is COC(=O)c1cc([N+](=O)[O-])cn(Cc2csc(-c3cccs3)n2)c1=O. The van der Waals surface area contributed by atoms with E-state index in [9.17, 15) is 19.7 Å². The number of aromatic nitrogens is 2. The monoisotopic (exact) mass is 377 g/mol. The Bertz CT molecular complexity index is 991. The molecule has 3 aromatic rings. The second kappa shape index (κ2) is 6.95. The van der Waals surface area contributed by atoms with Crippen molar-refractivity contribution < 1.29 is 14.5 Å². The van der Waals surface area contributed by atoms with Gasteiger partial charge in [0.2, 0.25) is 0 Å². The molecule has 0 aliphatic carbocycles. The van der Waals surface area contributed by atoms with Crippen molar-refractivity contribution in [3.63, 3.8) is 0 Å². The number of carbonyl (C=O) groups excluding carboxylic acids is 1. The molecule has 25 heavy (non-hydrogen) atoms. The van der Waals surface area contributed by atoms with Crippen molar-refractivity contribution in [3.8, 4) is 9.88 Å². The van der Waals surface area contributed by atoms with Gasteiger partial charge in [-0.05, 0) is 11.4 Å². The molecule has 3 aromatic heterocycles. The van der Waals surface area contributed by atoms with Gasteiger partial charge < -0.3 is 9.30 Å². The molecule has 0 aliphatic rings. The van der Waals surface area contributed by atoms with E-state index in [1.165, 1.54) is 11.3 Å². The Morgan fingerprint density at radius 1 is 1.44 bits per heavy atom. The van der Waals surface area contributed by atoms with Gasteiger partial charge in [-0.2, -0.15) is 0 Å². The maximum absolute atomic E-state index is 12.4. The fourth-order valence-electron chi connectivity index (χ4n) is 2.16. The quantitative estimate of drug-likeness (QED) is 0.385. The molecule has 10 heteroatoms. The van der Waals surface area contributed by atoms with Crippen molar-refractivity contribution in [2.24, 2.45) is 0 Å². The third-order valence-electron chi connectivity index (χ3n) is 3.30. The van der Waals surface area contributed by atoms with Crippen molar-refractivity contribution in [3.05, 3.63) is 66.9 Å². The predicted octanol–water partition coefficient (Wildman–Crippen LogP) is 2.78. The van der Waals surface area contributed by atoms with Crippen molar-refractivity contribution in [2.75, 3.05) is 7.11 Å². The Balaban J connectivity index is 1.99. The van der Waals surface area contributed by atoms with Crippen LogP contribution in [-0.4, -0.2) is 27.6 Å². The second-order valence-corrected chi connectivity index (χ2v) is 6.72. The minimum Gasteiger partial charge on any atom is -0.465 e. The van der Waals surface area contributed by atoms with Gasteiger partial charge in [0.25, 0.3) is 11.2 Å². The summed E-state index contributed by atoms with van der Waals surface area (Å²) in [6.07, 6.45) is 1.10. The Labute approximate surface area is 149 Å². The number of thiophene rings is 1. The summed E-state index contributed by atoms with van der Waals surface area (Å²) < 4.78 is 5.62. The predicted molar refractivity (Wildman–Crippen MR) is 93.2 cm³/mol. The van der Waals surface area contributed by atoms with Crippen LogP contribution >= 0.6 is 22.7 Å². The molecule has 0 saturated carbocycles. The molecule has 0 N–H and O–H groups in total. The Morgan fingerprint density at radius 2 is 2.24 bits per heavy atom. The molecule has 0 radical (unpaired) electrons. The van der Waals surface area contributed by atoms with Gasteiger partial charge >= 0.3 is 5.97 Å². The maximum atomic E-state index is 12.4. The number of methoxy groups -OCH3 is 1. The first kappa shape index (κ1) is 17.0. The smallest absolute Gasteiger partial charge is 0.343 e. The molecule has 0 fully saturated rings.